The molecule has 0 amide bonds. The minimum absolute atomic E-state index is 0.115. The highest BCUT2D eigenvalue weighted by atomic mass is 79.9. The molecule has 0 spiro atoms. The minimum atomic E-state index is -0.681. The van der Waals surface area contributed by atoms with Crippen LogP contribution in [-0.2, 0) is 9.53 Å². The highest BCUT2D eigenvalue weighted by Crippen LogP contribution is 2.34. The molecule has 1 aliphatic heterocycles. The first-order valence-electron chi connectivity index (χ1n) is 12.2. The number of hydrogen-bond donors (Lipinski definition) is 1. The molecule has 0 bridgehead atoms. The third-order valence-corrected chi connectivity index (χ3v) is 7.88. The zero-order valence-corrected chi connectivity index (χ0v) is 24.2. The maximum Gasteiger partial charge on any atom is 0.338 e. The van der Waals surface area contributed by atoms with Gasteiger partial charge in [0.2, 0.25) is 0 Å². The molecule has 194 valence electrons. The molecule has 6 nitrogen and oxygen atoms in total. The molecule has 9 heteroatoms. The molecule has 1 atom stereocenters. The van der Waals surface area contributed by atoms with Crippen LogP contribution in [0.15, 0.2) is 61.9 Å². The van der Waals surface area contributed by atoms with E-state index in [2.05, 4.69) is 29.8 Å². The molecule has 1 aromatic heterocycles. The van der Waals surface area contributed by atoms with Crippen LogP contribution in [0.3, 0.4) is 0 Å². The number of allylic oxidation sites excluding steroid dienone is 1. The van der Waals surface area contributed by atoms with Gasteiger partial charge in [-0.25, -0.2) is 9.79 Å². The number of aromatic hydroxyl groups is 1. The molecule has 0 saturated heterocycles. The van der Waals surface area contributed by atoms with Crippen molar-refractivity contribution in [2.45, 2.75) is 52.5 Å². The van der Waals surface area contributed by atoms with Crippen molar-refractivity contribution in [3.05, 3.63) is 93.5 Å². The predicted molar refractivity (Wildman–Crippen MR) is 151 cm³/mol. The molecule has 0 radical (unpaired) electrons. The van der Waals surface area contributed by atoms with Crippen LogP contribution in [0, 0.1) is 0 Å². The number of aromatic nitrogens is 1. The normalized spacial score (nSPS) is 15.6. The van der Waals surface area contributed by atoms with Crippen molar-refractivity contribution in [2.75, 3.05) is 6.61 Å². The highest BCUT2D eigenvalue weighted by molar-refractivity contribution is 9.10. The van der Waals surface area contributed by atoms with E-state index in [-0.39, 0.29) is 22.9 Å². The molecule has 0 fully saturated rings. The summed E-state index contributed by atoms with van der Waals surface area (Å²) in [6, 6.07) is 10.6. The fourth-order valence-electron chi connectivity index (χ4n) is 4.34. The Bertz CT molecular complexity index is 1550. The second-order valence-electron chi connectivity index (χ2n) is 9.06. The lowest BCUT2D eigenvalue weighted by Gasteiger charge is -2.26. The molecule has 3 aromatic rings. The third-order valence-electron chi connectivity index (χ3n) is 6.16. The number of nitrogens with zero attached hydrogens (tertiary/aromatic N) is 2. The average molecular weight is 604 g/mol. The average Bonchev–Trinajstić information content (AvgIpc) is 3.16. The van der Waals surface area contributed by atoms with E-state index in [4.69, 9.17) is 21.3 Å². The van der Waals surface area contributed by atoms with Crippen LogP contribution in [0.1, 0.15) is 69.2 Å². The van der Waals surface area contributed by atoms with Crippen molar-refractivity contribution in [3.8, 4) is 5.75 Å². The van der Waals surface area contributed by atoms with E-state index in [0.717, 1.165) is 17.5 Å². The van der Waals surface area contributed by atoms with E-state index in [1.165, 1.54) is 11.3 Å². The molecular formula is C28H28BrClN2O4S. The summed E-state index contributed by atoms with van der Waals surface area (Å²) in [7, 11) is 0. The van der Waals surface area contributed by atoms with Gasteiger partial charge in [0, 0.05) is 10.0 Å². The third kappa shape index (κ3) is 5.47. The lowest BCUT2D eigenvalue weighted by molar-refractivity contribution is -0.139. The minimum Gasteiger partial charge on any atom is -0.506 e. The molecule has 1 N–H and O–H groups in total. The van der Waals surface area contributed by atoms with E-state index in [9.17, 15) is 14.7 Å². The van der Waals surface area contributed by atoms with Gasteiger partial charge < -0.3 is 9.84 Å². The number of fused-ring (bicyclic) bond motifs is 1. The lowest BCUT2D eigenvalue weighted by Crippen LogP contribution is -2.40. The summed E-state index contributed by atoms with van der Waals surface area (Å²) in [5.74, 6) is -0.245. The van der Waals surface area contributed by atoms with Crippen LogP contribution in [0.5, 0.6) is 5.75 Å². The van der Waals surface area contributed by atoms with Gasteiger partial charge in [-0.05, 0) is 48.6 Å². The smallest absolute Gasteiger partial charge is 0.338 e. The Kier molecular flexibility index (Phi) is 8.41. The Morgan fingerprint density at radius 1 is 1.27 bits per heavy atom. The number of ether oxygens (including phenoxy) is 1. The second kappa shape index (κ2) is 11.4. The van der Waals surface area contributed by atoms with Gasteiger partial charge in [0.25, 0.3) is 5.56 Å². The van der Waals surface area contributed by atoms with Gasteiger partial charge >= 0.3 is 5.97 Å². The Hall–Kier alpha value is -2.68. The van der Waals surface area contributed by atoms with Crippen LogP contribution >= 0.6 is 38.9 Å². The van der Waals surface area contributed by atoms with Gasteiger partial charge in [-0.3, -0.25) is 9.36 Å². The summed E-state index contributed by atoms with van der Waals surface area (Å²) in [6.45, 7) is 8.23. The van der Waals surface area contributed by atoms with E-state index in [0.29, 0.717) is 43.0 Å². The molecule has 37 heavy (non-hydrogen) atoms. The maximum absolute atomic E-state index is 13.8. The first-order chi connectivity index (χ1) is 17.7. The van der Waals surface area contributed by atoms with Gasteiger partial charge in [0.1, 0.15) is 5.75 Å². The number of halogens is 2. The van der Waals surface area contributed by atoms with E-state index >= 15 is 0 Å². The summed E-state index contributed by atoms with van der Waals surface area (Å²) in [4.78, 5) is 32.4. The van der Waals surface area contributed by atoms with Crippen molar-refractivity contribution >= 4 is 50.9 Å². The van der Waals surface area contributed by atoms with Gasteiger partial charge in [-0.15, -0.1) is 0 Å². The molecule has 0 saturated carbocycles. The molecule has 2 heterocycles. The maximum atomic E-state index is 13.8. The van der Waals surface area contributed by atoms with Crippen LogP contribution in [0.4, 0.5) is 0 Å². The van der Waals surface area contributed by atoms with E-state index < -0.39 is 12.0 Å². The van der Waals surface area contributed by atoms with E-state index in [1.54, 1.807) is 29.7 Å². The van der Waals surface area contributed by atoms with Crippen molar-refractivity contribution in [1.29, 1.82) is 0 Å². The number of hydrogen-bond acceptors (Lipinski definition) is 6. The number of carbonyl (C=O) groups is 1. The van der Waals surface area contributed by atoms with Crippen molar-refractivity contribution < 1.29 is 14.6 Å². The molecule has 4 rings (SSSR count). The van der Waals surface area contributed by atoms with Crippen molar-refractivity contribution in [2.24, 2.45) is 4.99 Å². The Morgan fingerprint density at radius 2 is 1.97 bits per heavy atom. The Labute approximate surface area is 232 Å². The number of rotatable bonds is 7. The first-order valence-corrected chi connectivity index (χ1v) is 14.1. The zero-order chi connectivity index (χ0) is 26.9. The zero-order valence-electron chi connectivity index (χ0n) is 21.0. The standard InChI is InChI=1S/C28H28BrClN2O4S/c1-5-7-21-23(27(35)36-6-2)24(17-10-8-16(9-11-17)15(3)4)32-26(34)22(37-28(32)31-21)13-18-12-19(29)14-20(30)25(18)33/h8-15,24,33H,5-7H2,1-4H3/b22-13-/t24-/m1/s1. The van der Waals surface area contributed by atoms with Gasteiger partial charge in [-0.2, -0.15) is 0 Å². The fourth-order valence-corrected chi connectivity index (χ4v) is 6.18. The van der Waals surface area contributed by atoms with Gasteiger partial charge in [-0.1, -0.05) is 90.3 Å². The number of benzene rings is 2. The second-order valence-corrected chi connectivity index (χ2v) is 11.4. The molecule has 0 aliphatic carbocycles. The first kappa shape index (κ1) is 27.4. The van der Waals surface area contributed by atoms with Gasteiger partial charge in [0.15, 0.2) is 4.80 Å². The fraction of sp³-hybridized carbons (Fsp3) is 0.321. The quantitative estimate of drug-likeness (QED) is 0.345. The summed E-state index contributed by atoms with van der Waals surface area (Å²) in [6.07, 6.45) is 2.95. The predicted octanol–water partition coefficient (Wildman–Crippen LogP) is 5.82. The van der Waals surface area contributed by atoms with Crippen LogP contribution in [-0.4, -0.2) is 22.2 Å². The number of thiazole rings is 1. The largest absolute Gasteiger partial charge is 0.506 e. The van der Waals surface area contributed by atoms with Crippen LogP contribution in [0.2, 0.25) is 5.02 Å². The molecule has 0 unspecified atom stereocenters. The lowest BCUT2D eigenvalue weighted by atomic mass is 9.92. The SMILES string of the molecule is CCCC1=C(C(=O)OCC)[C@@H](c2ccc(C(C)C)cc2)n2c(s/c(=C\c3cc(Br)cc(Cl)c3O)c2=O)=N1. The number of phenols is 1. The number of phenolic OH excluding ortho intramolecular Hbond substituents is 1. The molecule has 1 aliphatic rings. The van der Waals surface area contributed by atoms with Crippen LogP contribution < -0.4 is 14.9 Å². The van der Waals surface area contributed by atoms with Crippen LogP contribution in [0.25, 0.3) is 6.08 Å². The van der Waals surface area contributed by atoms with Crippen molar-refractivity contribution in [3.63, 3.8) is 0 Å². The summed E-state index contributed by atoms with van der Waals surface area (Å²) in [5, 5.41) is 10.7. The molecular weight excluding hydrogens is 576 g/mol. The Morgan fingerprint density at radius 3 is 2.59 bits per heavy atom. The number of carbonyl (C=O) groups excluding carboxylic acids is 1. The summed E-state index contributed by atoms with van der Waals surface area (Å²) < 4.78 is 8.04. The monoisotopic (exact) mass is 602 g/mol. The topological polar surface area (TPSA) is 80.9 Å². The molecule has 2 aromatic carbocycles. The summed E-state index contributed by atoms with van der Waals surface area (Å²) >= 11 is 10.7. The van der Waals surface area contributed by atoms with E-state index in [1.807, 2.05) is 31.2 Å². The number of esters is 1. The summed E-state index contributed by atoms with van der Waals surface area (Å²) in [5.41, 5.74) is 3.06. The van der Waals surface area contributed by atoms with Gasteiger partial charge in [0.05, 0.1) is 33.5 Å². The Balaban J connectivity index is 2.00. The highest BCUT2D eigenvalue weighted by Gasteiger charge is 2.34. The van der Waals surface area contributed by atoms with Crippen molar-refractivity contribution in [1.82, 2.24) is 4.57 Å².